The number of hydrogen-bond acceptors (Lipinski definition) is 7. The number of hydrogen-bond donors (Lipinski definition) is 1. The highest BCUT2D eigenvalue weighted by atomic mass is 32.2. The fourth-order valence-electron chi connectivity index (χ4n) is 3.72. The van der Waals surface area contributed by atoms with E-state index in [1.165, 1.54) is 18.4 Å². The van der Waals surface area contributed by atoms with E-state index < -0.39 is 10.0 Å². The molecule has 4 rings (SSSR count). The lowest BCUT2D eigenvalue weighted by atomic mass is 10.2. The molecule has 0 amide bonds. The molecule has 0 unspecified atom stereocenters. The molecule has 1 N–H and O–H groups in total. The number of anilines is 1. The molecule has 11 heteroatoms. The minimum absolute atomic E-state index is 0.237. The van der Waals surface area contributed by atoms with Crippen LogP contribution in [0.25, 0.3) is 16.7 Å². The summed E-state index contributed by atoms with van der Waals surface area (Å²) in [7, 11) is -0.473. The van der Waals surface area contributed by atoms with Crippen molar-refractivity contribution < 1.29 is 8.42 Å². The second-order valence-electron chi connectivity index (χ2n) is 8.11. The Morgan fingerprint density at radius 1 is 1.09 bits per heavy atom. The van der Waals surface area contributed by atoms with Crippen LogP contribution in [0.4, 0.5) is 5.69 Å². The molecule has 2 heterocycles. The fraction of sp³-hybridized carbons (Fsp3) is 0.364. The fourth-order valence-corrected chi connectivity index (χ4v) is 4.64. The van der Waals surface area contributed by atoms with Crippen molar-refractivity contribution in [2.75, 3.05) is 19.4 Å². The van der Waals surface area contributed by atoms with Crippen molar-refractivity contribution in [1.82, 2.24) is 34.1 Å². The van der Waals surface area contributed by atoms with Gasteiger partial charge in [-0.3, -0.25) is 0 Å². The average molecular weight is 469 g/mol. The van der Waals surface area contributed by atoms with E-state index in [1.54, 1.807) is 16.8 Å². The van der Waals surface area contributed by atoms with Crippen LogP contribution in [0.3, 0.4) is 0 Å². The number of sulfonamides is 1. The van der Waals surface area contributed by atoms with E-state index in [1.807, 2.05) is 38.1 Å². The number of fused-ring (bicyclic) bond motifs is 1. The Hall–Kier alpha value is -3.31. The summed E-state index contributed by atoms with van der Waals surface area (Å²) in [6.07, 6.45) is 0.934. The van der Waals surface area contributed by atoms with Crippen molar-refractivity contribution in [2.24, 2.45) is 0 Å². The van der Waals surface area contributed by atoms with Crippen LogP contribution >= 0.6 is 0 Å². The van der Waals surface area contributed by atoms with Crippen LogP contribution in [0.2, 0.25) is 0 Å². The summed E-state index contributed by atoms with van der Waals surface area (Å²) in [4.78, 5) is 5.00. The van der Waals surface area contributed by atoms with Gasteiger partial charge in [-0.1, -0.05) is 13.0 Å². The molecule has 0 bridgehead atoms. The van der Waals surface area contributed by atoms with E-state index in [0.717, 1.165) is 41.2 Å². The Balaban J connectivity index is 1.66. The SMILES string of the molecule is CCCn1c(CNc2ccc(C)c(-n3nnnc3C)c2)nc2cc(S(=O)(=O)N(C)C)ccc21. The smallest absolute Gasteiger partial charge is 0.242 e. The summed E-state index contributed by atoms with van der Waals surface area (Å²) in [6, 6.07) is 11.2. The number of aryl methyl sites for hydroxylation is 3. The highest BCUT2D eigenvalue weighted by Crippen LogP contribution is 2.24. The third-order valence-corrected chi connectivity index (χ3v) is 7.35. The number of rotatable bonds is 8. The van der Waals surface area contributed by atoms with Gasteiger partial charge in [0.05, 0.1) is 28.2 Å². The van der Waals surface area contributed by atoms with Gasteiger partial charge in [-0.25, -0.2) is 17.7 Å². The number of nitrogens with zero attached hydrogens (tertiary/aromatic N) is 7. The maximum atomic E-state index is 12.5. The average Bonchev–Trinajstić information content (AvgIpc) is 3.36. The van der Waals surface area contributed by atoms with Crippen LogP contribution in [0.15, 0.2) is 41.3 Å². The molecule has 0 saturated heterocycles. The third kappa shape index (κ3) is 4.33. The topological polar surface area (TPSA) is 111 Å². The Bertz CT molecular complexity index is 1410. The summed E-state index contributed by atoms with van der Waals surface area (Å²) in [6.45, 7) is 7.25. The molecule has 2 aromatic carbocycles. The maximum Gasteiger partial charge on any atom is 0.242 e. The summed E-state index contributed by atoms with van der Waals surface area (Å²) in [5.74, 6) is 1.55. The molecule has 10 nitrogen and oxygen atoms in total. The standard InChI is InChI=1S/C22H28N8O2S/c1-6-11-29-20-10-9-18(33(31,32)28(4)5)13-19(20)24-22(29)14-23-17-8-7-15(2)21(12-17)30-16(3)25-26-27-30/h7-10,12-13,23H,6,11,14H2,1-5H3. The number of nitrogens with one attached hydrogen (secondary N) is 1. The molecule has 0 aliphatic carbocycles. The molecule has 33 heavy (non-hydrogen) atoms. The van der Waals surface area contributed by atoms with Crippen LogP contribution in [-0.2, 0) is 23.1 Å². The van der Waals surface area contributed by atoms with Gasteiger partial charge in [-0.2, -0.15) is 4.68 Å². The lowest BCUT2D eigenvalue weighted by molar-refractivity contribution is 0.521. The molecular weight excluding hydrogens is 440 g/mol. The Morgan fingerprint density at radius 2 is 1.88 bits per heavy atom. The van der Waals surface area contributed by atoms with E-state index in [2.05, 4.69) is 32.3 Å². The minimum atomic E-state index is -3.52. The van der Waals surface area contributed by atoms with Gasteiger partial charge in [0, 0.05) is 26.3 Å². The summed E-state index contributed by atoms with van der Waals surface area (Å²) in [5, 5.41) is 15.2. The Labute approximate surface area is 193 Å². The van der Waals surface area contributed by atoms with Crippen molar-refractivity contribution in [2.45, 2.75) is 45.2 Å². The van der Waals surface area contributed by atoms with E-state index in [-0.39, 0.29) is 4.90 Å². The monoisotopic (exact) mass is 468 g/mol. The molecule has 0 aliphatic heterocycles. The Kier molecular flexibility index (Phi) is 6.17. The zero-order chi connectivity index (χ0) is 23.8. The van der Waals surface area contributed by atoms with Crippen molar-refractivity contribution in [3.05, 3.63) is 53.6 Å². The molecule has 0 radical (unpaired) electrons. The molecule has 174 valence electrons. The first-order chi connectivity index (χ1) is 15.7. The van der Waals surface area contributed by atoms with Gasteiger partial charge in [-0.05, 0) is 66.6 Å². The lowest BCUT2D eigenvalue weighted by Gasteiger charge is -2.13. The quantitative estimate of drug-likeness (QED) is 0.423. The van der Waals surface area contributed by atoms with Gasteiger partial charge in [0.25, 0.3) is 0 Å². The third-order valence-electron chi connectivity index (χ3n) is 5.54. The van der Waals surface area contributed by atoms with E-state index in [4.69, 9.17) is 4.98 Å². The molecule has 0 fully saturated rings. The number of benzene rings is 2. The first kappa shape index (κ1) is 22.9. The maximum absolute atomic E-state index is 12.5. The molecule has 0 aliphatic rings. The van der Waals surface area contributed by atoms with Crippen LogP contribution in [0, 0.1) is 13.8 Å². The van der Waals surface area contributed by atoms with Gasteiger partial charge in [0.1, 0.15) is 5.82 Å². The van der Waals surface area contributed by atoms with Gasteiger partial charge in [0.2, 0.25) is 10.0 Å². The van der Waals surface area contributed by atoms with Crippen molar-refractivity contribution >= 4 is 26.7 Å². The lowest BCUT2D eigenvalue weighted by Crippen LogP contribution is -2.22. The zero-order valence-corrected chi connectivity index (χ0v) is 20.3. The van der Waals surface area contributed by atoms with E-state index in [9.17, 15) is 8.42 Å². The first-order valence-corrected chi connectivity index (χ1v) is 12.2. The van der Waals surface area contributed by atoms with E-state index >= 15 is 0 Å². The predicted octanol–water partition coefficient (Wildman–Crippen LogP) is 2.90. The first-order valence-electron chi connectivity index (χ1n) is 10.7. The number of imidazole rings is 1. The summed E-state index contributed by atoms with van der Waals surface area (Å²) >= 11 is 0. The molecule has 4 aromatic rings. The van der Waals surface area contributed by atoms with Crippen LogP contribution < -0.4 is 5.32 Å². The zero-order valence-electron chi connectivity index (χ0n) is 19.4. The van der Waals surface area contributed by atoms with Gasteiger partial charge in [-0.15, -0.1) is 5.10 Å². The molecule has 0 saturated carbocycles. The highest BCUT2D eigenvalue weighted by Gasteiger charge is 2.19. The van der Waals surface area contributed by atoms with Crippen LogP contribution in [0.5, 0.6) is 0 Å². The summed E-state index contributed by atoms with van der Waals surface area (Å²) < 4.78 is 30.1. The molecule has 0 atom stereocenters. The van der Waals surface area contributed by atoms with Crippen LogP contribution in [-0.4, -0.2) is 56.6 Å². The Morgan fingerprint density at radius 3 is 2.55 bits per heavy atom. The largest absolute Gasteiger partial charge is 0.378 e. The second-order valence-corrected chi connectivity index (χ2v) is 10.3. The van der Waals surface area contributed by atoms with Crippen LogP contribution in [0.1, 0.15) is 30.6 Å². The number of aromatic nitrogens is 6. The number of tetrazole rings is 1. The van der Waals surface area contributed by atoms with Gasteiger partial charge >= 0.3 is 0 Å². The minimum Gasteiger partial charge on any atom is -0.378 e. The molecular formula is C22H28N8O2S. The van der Waals surface area contributed by atoms with Crippen molar-refractivity contribution in [1.29, 1.82) is 0 Å². The second kappa shape index (κ2) is 8.91. The van der Waals surface area contributed by atoms with Gasteiger partial charge < -0.3 is 9.88 Å². The van der Waals surface area contributed by atoms with E-state index in [0.29, 0.717) is 17.9 Å². The summed E-state index contributed by atoms with van der Waals surface area (Å²) in [5.41, 5.74) is 4.46. The van der Waals surface area contributed by atoms with Gasteiger partial charge in [0.15, 0.2) is 5.82 Å². The highest BCUT2D eigenvalue weighted by molar-refractivity contribution is 7.89. The molecule has 0 spiro atoms. The molecule has 2 aromatic heterocycles. The van der Waals surface area contributed by atoms with Crippen molar-refractivity contribution in [3.8, 4) is 5.69 Å². The normalized spacial score (nSPS) is 12.1. The predicted molar refractivity (Wildman–Crippen MR) is 127 cm³/mol. The van der Waals surface area contributed by atoms with Crippen molar-refractivity contribution in [3.63, 3.8) is 0 Å².